The second kappa shape index (κ2) is 5.12. The molecule has 1 aliphatic heterocycles. The van der Waals surface area contributed by atoms with Crippen molar-refractivity contribution in [3.63, 3.8) is 0 Å². The zero-order valence-electron chi connectivity index (χ0n) is 11.8. The summed E-state index contributed by atoms with van der Waals surface area (Å²) in [6, 6.07) is 14.9. The van der Waals surface area contributed by atoms with Crippen LogP contribution in [0.2, 0.25) is 0 Å². The van der Waals surface area contributed by atoms with Crippen LogP contribution in [-0.4, -0.2) is 17.4 Å². The SMILES string of the molecule is C=CC1CC(=O)N([C@@H](C)c2ccc3ccccc3c2)C1. The van der Waals surface area contributed by atoms with Crippen molar-refractivity contribution in [3.05, 3.63) is 60.7 Å². The van der Waals surface area contributed by atoms with E-state index in [1.165, 1.54) is 16.3 Å². The minimum atomic E-state index is 0.122. The molecule has 20 heavy (non-hydrogen) atoms. The first-order chi connectivity index (χ1) is 9.69. The third kappa shape index (κ3) is 2.22. The van der Waals surface area contributed by atoms with Gasteiger partial charge in [-0.25, -0.2) is 0 Å². The molecule has 3 rings (SSSR count). The Kier molecular flexibility index (Phi) is 3.31. The maximum absolute atomic E-state index is 12.1. The van der Waals surface area contributed by atoms with E-state index < -0.39 is 0 Å². The fourth-order valence-corrected chi connectivity index (χ4v) is 2.94. The Labute approximate surface area is 119 Å². The predicted octanol–water partition coefficient (Wildman–Crippen LogP) is 3.94. The lowest BCUT2D eigenvalue weighted by molar-refractivity contribution is -0.129. The minimum Gasteiger partial charge on any atom is -0.335 e. The molecule has 0 radical (unpaired) electrons. The molecule has 1 fully saturated rings. The van der Waals surface area contributed by atoms with E-state index in [0.717, 1.165) is 6.54 Å². The fraction of sp³-hybridized carbons (Fsp3) is 0.278. The molecule has 1 heterocycles. The molecule has 2 aromatic carbocycles. The van der Waals surface area contributed by atoms with Crippen molar-refractivity contribution in [2.24, 2.45) is 5.92 Å². The molecule has 1 unspecified atom stereocenters. The summed E-state index contributed by atoms with van der Waals surface area (Å²) in [7, 11) is 0. The highest BCUT2D eigenvalue weighted by Gasteiger charge is 2.31. The highest BCUT2D eigenvalue weighted by Crippen LogP contribution is 2.30. The van der Waals surface area contributed by atoms with E-state index in [2.05, 4.69) is 43.8 Å². The molecule has 1 amide bonds. The van der Waals surface area contributed by atoms with Crippen LogP contribution in [0.3, 0.4) is 0 Å². The molecular formula is C18H19NO. The summed E-state index contributed by atoms with van der Waals surface area (Å²) in [5, 5.41) is 2.46. The van der Waals surface area contributed by atoms with Gasteiger partial charge in [0.05, 0.1) is 6.04 Å². The van der Waals surface area contributed by atoms with Gasteiger partial charge in [0.25, 0.3) is 0 Å². The van der Waals surface area contributed by atoms with Gasteiger partial charge in [-0.05, 0) is 29.3 Å². The van der Waals surface area contributed by atoms with Gasteiger partial charge < -0.3 is 4.90 Å². The van der Waals surface area contributed by atoms with E-state index in [-0.39, 0.29) is 11.9 Å². The lowest BCUT2D eigenvalue weighted by Gasteiger charge is -2.25. The van der Waals surface area contributed by atoms with E-state index in [4.69, 9.17) is 0 Å². The molecule has 2 aromatic rings. The lowest BCUT2D eigenvalue weighted by Crippen LogP contribution is -2.28. The van der Waals surface area contributed by atoms with Crippen LogP contribution in [0.5, 0.6) is 0 Å². The molecule has 0 aliphatic carbocycles. The van der Waals surface area contributed by atoms with Gasteiger partial charge in [0.15, 0.2) is 0 Å². The third-order valence-electron chi connectivity index (χ3n) is 4.25. The van der Waals surface area contributed by atoms with Gasteiger partial charge >= 0.3 is 0 Å². The van der Waals surface area contributed by atoms with Gasteiger partial charge in [-0.1, -0.05) is 42.5 Å². The molecule has 0 bridgehead atoms. The summed E-state index contributed by atoms with van der Waals surface area (Å²) in [6.45, 7) is 6.70. The first kappa shape index (κ1) is 12.9. The summed E-state index contributed by atoms with van der Waals surface area (Å²) < 4.78 is 0. The van der Waals surface area contributed by atoms with Crippen molar-refractivity contribution < 1.29 is 4.79 Å². The van der Waals surface area contributed by atoms with Gasteiger partial charge in [-0.15, -0.1) is 6.58 Å². The first-order valence-electron chi connectivity index (χ1n) is 7.10. The number of carbonyl (C=O) groups excluding carboxylic acids is 1. The van der Waals surface area contributed by atoms with Crippen LogP contribution in [-0.2, 0) is 4.79 Å². The normalized spacial score (nSPS) is 20.4. The van der Waals surface area contributed by atoms with Crippen LogP contribution in [0.15, 0.2) is 55.1 Å². The average Bonchev–Trinajstić information content (AvgIpc) is 2.87. The van der Waals surface area contributed by atoms with Crippen LogP contribution in [0.25, 0.3) is 10.8 Å². The summed E-state index contributed by atoms with van der Waals surface area (Å²) >= 11 is 0. The Balaban J connectivity index is 1.90. The number of hydrogen-bond donors (Lipinski definition) is 0. The van der Waals surface area contributed by atoms with Gasteiger partial charge in [0, 0.05) is 18.9 Å². The van der Waals surface area contributed by atoms with Gasteiger partial charge in [-0.3, -0.25) is 4.79 Å². The number of benzene rings is 2. The molecule has 1 saturated heterocycles. The van der Waals surface area contributed by atoms with Gasteiger partial charge in [0.1, 0.15) is 0 Å². The minimum absolute atomic E-state index is 0.122. The molecule has 0 N–H and O–H groups in total. The topological polar surface area (TPSA) is 20.3 Å². The first-order valence-corrected chi connectivity index (χ1v) is 7.10. The smallest absolute Gasteiger partial charge is 0.223 e. The highest BCUT2D eigenvalue weighted by molar-refractivity contribution is 5.84. The Morgan fingerprint density at radius 2 is 2.00 bits per heavy atom. The van der Waals surface area contributed by atoms with Crippen molar-refractivity contribution >= 4 is 16.7 Å². The van der Waals surface area contributed by atoms with Gasteiger partial charge in [0.2, 0.25) is 5.91 Å². The maximum atomic E-state index is 12.1. The number of amides is 1. The van der Waals surface area contributed by atoms with Crippen LogP contribution in [0.4, 0.5) is 0 Å². The van der Waals surface area contributed by atoms with Crippen molar-refractivity contribution in [1.82, 2.24) is 4.90 Å². The number of carbonyl (C=O) groups is 1. The monoisotopic (exact) mass is 265 g/mol. The van der Waals surface area contributed by atoms with Crippen molar-refractivity contribution in [2.75, 3.05) is 6.54 Å². The standard InChI is InChI=1S/C18H19NO/c1-3-14-10-18(20)19(12-14)13(2)16-9-8-15-6-4-5-7-17(15)11-16/h3-9,11,13-14H,1,10,12H2,2H3/t13-,14?/m0/s1. The molecule has 2 heteroatoms. The van der Waals surface area contributed by atoms with E-state index in [1.807, 2.05) is 23.1 Å². The summed E-state index contributed by atoms with van der Waals surface area (Å²) in [5.41, 5.74) is 1.20. The largest absolute Gasteiger partial charge is 0.335 e. The number of nitrogens with zero attached hydrogens (tertiary/aromatic N) is 1. The predicted molar refractivity (Wildman–Crippen MR) is 82.4 cm³/mol. The lowest BCUT2D eigenvalue weighted by atomic mass is 10.0. The van der Waals surface area contributed by atoms with Crippen LogP contribution in [0.1, 0.15) is 24.9 Å². The Morgan fingerprint density at radius 1 is 1.25 bits per heavy atom. The van der Waals surface area contributed by atoms with E-state index in [9.17, 15) is 4.79 Å². The quantitative estimate of drug-likeness (QED) is 0.770. The Hall–Kier alpha value is -2.09. The summed E-state index contributed by atoms with van der Waals surface area (Å²) in [6.07, 6.45) is 2.49. The number of hydrogen-bond acceptors (Lipinski definition) is 1. The van der Waals surface area contributed by atoms with Crippen molar-refractivity contribution in [1.29, 1.82) is 0 Å². The molecule has 0 saturated carbocycles. The van der Waals surface area contributed by atoms with Crippen LogP contribution >= 0.6 is 0 Å². The molecule has 1 aliphatic rings. The van der Waals surface area contributed by atoms with E-state index >= 15 is 0 Å². The Morgan fingerprint density at radius 3 is 2.70 bits per heavy atom. The number of fused-ring (bicyclic) bond motifs is 1. The highest BCUT2D eigenvalue weighted by atomic mass is 16.2. The second-order valence-electron chi connectivity index (χ2n) is 5.53. The molecule has 0 aromatic heterocycles. The van der Waals surface area contributed by atoms with Crippen molar-refractivity contribution in [2.45, 2.75) is 19.4 Å². The zero-order valence-corrected chi connectivity index (χ0v) is 11.8. The Bertz CT molecular complexity index is 661. The fourth-order valence-electron chi connectivity index (χ4n) is 2.94. The van der Waals surface area contributed by atoms with Crippen LogP contribution < -0.4 is 0 Å². The van der Waals surface area contributed by atoms with Crippen LogP contribution in [0, 0.1) is 5.92 Å². The number of rotatable bonds is 3. The molecule has 2 atom stereocenters. The second-order valence-corrected chi connectivity index (χ2v) is 5.53. The number of likely N-dealkylation sites (tertiary alicyclic amines) is 1. The molecular weight excluding hydrogens is 246 g/mol. The molecule has 2 nitrogen and oxygen atoms in total. The summed E-state index contributed by atoms with van der Waals surface area (Å²) in [4.78, 5) is 14.1. The summed E-state index contributed by atoms with van der Waals surface area (Å²) in [5.74, 6) is 0.529. The molecule has 0 spiro atoms. The zero-order chi connectivity index (χ0) is 14.1. The third-order valence-corrected chi connectivity index (χ3v) is 4.25. The van der Waals surface area contributed by atoms with Gasteiger partial charge in [-0.2, -0.15) is 0 Å². The van der Waals surface area contributed by atoms with E-state index in [0.29, 0.717) is 12.3 Å². The average molecular weight is 265 g/mol. The molecule has 102 valence electrons. The van der Waals surface area contributed by atoms with Crippen molar-refractivity contribution in [3.8, 4) is 0 Å². The van der Waals surface area contributed by atoms with E-state index in [1.54, 1.807) is 0 Å². The maximum Gasteiger partial charge on any atom is 0.223 e.